The third-order valence-electron chi connectivity index (χ3n) is 6.74. The molecule has 1 aromatic carbocycles. The predicted octanol–water partition coefficient (Wildman–Crippen LogP) is 6.43. The zero-order valence-corrected chi connectivity index (χ0v) is 19.6. The summed E-state index contributed by atoms with van der Waals surface area (Å²) in [6.07, 6.45) is 11.3. The van der Waals surface area contributed by atoms with Gasteiger partial charge in [-0.15, -0.1) is 0 Å². The minimum Gasteiger partial charge on any atom is -0.513 e. The third-order valence-corrected chi connectivity index (χ3v) is 6.74. The van der Waals surface area contributed by atoms with Gasteiger partial charge in [-0.2, -0.15) is 14.7 Å². The summed E-state index contributed by atoms with van der Waals surface area (Å²) >= 11 is 0. The number of anilines is 1. The molecule has 1 unspecified atom stereocenters. The fourth-order valence-electron chi connectivity index (χ4n) is 4.58. The maximum Gasteiger partial charge on any atom is 0.165 e. The van der Waals surface area contributed by atoms with Crippen molar-refractivity contribution >= 4 is 34.2 Å². The summed E-state index contributed by atoms with van der Waals surface area (Å²) in [5.74, 6) is 0.591. The van der Waals surface area contributed by atoms with Gasteiger partial charge in [0.2, 0.25) is 0 Å². The quantitative estimate of drug-likeness (QED) is 0.301. The van der Waals surface area contributed by atoms with Crippen LogP contribution in [0, 0.1) is 5.92 Å². The Labute approximate surface area is 199 Å². The fraction of sp³-hybridized carbons (Fsp3) is 0.296. The molecule has 1 aliphatic heterocycles. The summed E-state index contributed by atoms with van der Waals surface area (Å²) in [7, 11) is 0. The van der Waals surface area contributed by atoms with Crippen LogP contribution in [0.25, 0.3) is 22.3 Å². The van der Waals surface area contributed by atoms with E-state index >= 15 is 0 Å². The Morgan fingerprint density at radius 1 is 1.21 bits per heavy atom. The van der Waals surface area contributed by atoms with Gasteiger partial charge in [-0.25, -0.2) is 9.99 Å². The Bertz CT molecular complexity index is 1380. The van der Waals surface area contributed by atoms with Crippen LogP contribution in [0.1, 0.15) is 56.7 Å². The Kier molecular flexibility index (Phi) is 5.92. The Morgan fingerprint density at radius 3 is 2.79 bits per heavy atom. The molecule has 34 heavy (non-hydrogen) atoms. The van der Waals surface area contributed by atoms with Gasteiger partial charge in [0, 0.05) is 47.8 Å². The number of nitrogens with zero attached hydrogens (tertiary/aromatic N) is 5. The number of aromatic amines is 1. The van der Waals surface area contributed by atoms with E-state index in [1.54, 1.807) is 0 Å². The lowest BCUT2D eigenvalue weighted by atomic mass is 9.90. The van der Waals surface area contributed by atoms with E-state index in [0.717, 1.165) is 64.9 Å². The van der Waals surface area contributed by atoms with E-state index in [2.05, 4.69) is 35.9 Å². The van der Waals surface area contributed by atoms with Crippen molar-refractivity contribution < 1.29 is 5.11 Å². The van der Waals surface area contributed by atoms with Crippen LogP contribution >= 0.6 is 0 Å². The minimum absolute atomic E-state index is 0.0701. The lowest BCUT2D eigenvalue weighted by molar-refractivity contribution is 0.325. The van der Waals surface area contributed by atoms with E-state index in [4.69, 9.17) is 10.1 Å². The van der Waals surface area contributed by atoms with Crippen molar-refractivity contribution in [1.82, 2.24) is 19.6 Å². The molecule has 0 saturated carbocycles. The Hall–Kier alpha value is -3.87. The monoisotopic (exact) mass is 454 g/mol. The molecule has 5 rings (SSSR count). The molecule has 0 radical (unpaired) electrons. The van der Waals surface area contributed by atoms with Gasteiger partial charge in [0.25, 0.3) is 0 Å². The van der Waals surface area contributed by atoms with Gasteiger partial charge in [-0.05, 0) is 43.0 Å². The number of fused-ring (bicyclic) bond motifs is 3. The van der Waals surface area contributed by atoms with E-state index in [0.29, 0.717) is 0 Å². The van der Waals surface area contributed by atoms with E-state index in [1.807, 2.05) is 65.4 Å². The summed E-state index contributed by atoms with van der Waals surface area (Å²) in [4.78, 5) is 8.56. The van der Waals surface area contributed by atoms with Gasteiger partial charge >= 0.3 is 0 Å². The van der Waals surface area contributed by atoms with E-state index in [1.165, 1.54) is 0 Å². The molecule has 0 saturated heterocycles. The standard InChI is InChI=1S/C27H30N6O/c1-4-20(11-10-18(2)19(3)34)25-23-13-14-28-26(23)33-27(31-25)24(16-30-33)21-12-15-29-32(17-21)22-8-6-5-7-9-22/h5-9,13-18,20,28,34H,3-4,10-12H2,1-2H3/t18-,20?/m0/s1. The van der Waals surface area contributed by atoms with Crippen LogP contribution in [0.5, 0.6) is 0 Å². The number of aromatic nitrogens is 4. The van der Waals surface area contributed by atoms with Crippen LogP contribution in [0.4, 0.5) is 5.69 Å². The number of hydrazone groups is 1. The van der Waals surface area contributed by atoms with Crippen LogP contribution < -0.4 is 5.01 Å². The third kappa shape index (κ3) is 3.98. The number of aliphatic hydroxyl groups is 1. The molecular weight excluding hydrogens is 424 g/mol. The molecule has 0 spiro atoms. The molecule has 0 aliphatic carbocycles. The summed E-state index contributed by atoms with van der Waals surface area (Å²) in [5.41, 5.74) is 6.02. The van der Waals surface area contributed by atoms with Crippen molar-refractivity contribution in [2.24, 2.45) is 11.0 Å². The molecule has 0 bridgehead atoms. The highest BCUT2D eigenvalue weighted by molar-refractivity contribution is 5.90. The van der Waals surface area contributed by atoms with Gasteiger partial charge in [0.1, 0.15) is 5.65 Å². The molecule has 1 aliphatic rings. The molecule has 3 aromatic heterocycles. The van der Waals surface area contributed by atoms with Crippen molar-refractivity contribution in [1.29, 1.82) is 0 Å². The van der Waals surface area contributed by atoms with Gasteiger partial charge in [-0.3, -0.25) is 0 Å². The summed E-state index contributed by atoms with van der Waals surface area (Å²) in [6, 6.07) is 12.2. The number of benzene rings is 1. The SMILES string of the molecule is C=C(O)[C@@H](C)CCC(CC)c1nc2c(C3=CN(c4ccccc4)N=CC3)cnn2c2[nH]ccc12. The number of allylic oxidation sites excluding steroid dienone is 2. The number of nitrogens with one attached hydrogen (secondary N) is 1. The Morgan fingerprint density at radius 2 is 2.03 bits per heavy atom. The average molecular weight is 455 g/mol. The molecule has 7 nitrogen and oxygen atoms in total. The molecule has 2 N–H and O–H groups in total. The van der Waals surface area contributed by atoms with E-state index in [9.17, 15) is 5.11 Å². The van der Waals surface area contributed by atoms with Crippen molar-refractivity contribution in [3.05, 3.63) is 78.6 Å². The maximum atomic E-state index is 9.77. The van der Waals surface area contributed by atoms with Crippen molar-refractivity contribution in [2.75, 3.05) is 5.01 Å². The van der Waals surface area contributed by atoms with Crippen molar-refractivity contribution in [3.8, 4) is 0 Å². The lowest BCUT2D eigenvalue weighted by Gasteiger charge is -2.20. The first kappa shape index (κ1) is 21.9. The largest absolute Gasteiger partial charge is 0.513 e. The number of hydrogen-bond acceptors (Lipinski definition) is 5. The molecule has 4 heterocycles. The zero-order valence-electron chi connectivity index (χ0n) is 19.6. The second-order valence-corrected chi connectivity index (χ2v) is 8.94. The van der Waals surface area contributed by atoms with Crippen LogP contribution in [0.3, 0.4) is 0 Å². The highest BCUT2D eigenvalue weighted by Crippen LogP contribution is 2.34. The van der Waals surface area contributed by atoms with Gasteiger partial charge in [-0.1, -0.05) is 38.6 Å². The predicted molar refractivity (Wildman–Crippen MR) is 138 cm³/mol. The topological polar surface area (TPSA) is 81.8 Å². The highest BCUT2D eigenvalue weighted by atomic mass is 16.3. The van der Waals surface area contributed by atoms with Crippen LogP contribution in [0.15, 0.2) is 72.4 Å². The molecule has 174 valence electrons. The Balaban J connectivity index is 1.56. The normalized spacial score (nSPS) is 15.6. The van der Waals surface area contributed by atoms with Gasteiger partial charge < -0.3 is 10.1 Å². The van der Waals surface area contributed by atoms with Gasteiger partial charge in [0.05, 0.1) is 23.3 Å². The summed E-state index contributed by atoms with van der Waals surface area (Å²) < 4.78 is 1.90. The highest BCUT2D eigenvalue weighted by Gasteiger charge is 2.22. The lowest BCUT2D eigenvalue weighted by Crippen LogP contribution is -2.13. The second kappa shape index (κ2) is 9.17. The van der Waals surface area contributed by atoms with Crippen LogP contribution in [0.2, 0.25) is 0 Å². The average Bonchev–Trinajstić information content (AvgIpc) is 3.52. The number of rotatable bonds is 8. The zero-order chi connectivity index (χ0) is 23.7. The van der Waals surface area contributed by atoms with E-state index in [-0.39, 0.29) is 17.6 Å². The first-order chi connectivity index (χ1) is 16.6. The number of para-hydroxylation sites is 1. The molecule has 2 atom stereocenters. The first-order valence-corrected chi connectivity index (χ1v) is 11.9. The molecule has 4 aromatic rings. The van der Waals surface area contributed by atoms with Crippen molar-refractivity contribution in [2.45, 2.75) is 45.4 Å². The number of hydrogen-bond donors (Lipinski definition) is 2. The maximum absolute atomic E-state index is 9.77. The molecule has 0 fully saturated rings. The summed E-state index contributed by atoms with van der Waals surface area (Å²) in [5, 5.41) is 22.0. The second-order valence-electron chi connectivity index (χ2n) is 8.94. The van der Waals surface area contributed by atoms with Crippen LogP contribution in [-0.2, 0) is 0 Å². The molecular formula is C27H30N6O. The molecule has 7 heteroatoms. The smallest absolute Gasteiger partial charge is 0.165 e. The van der Waals surface area contributed by atoms with Gasteiger partial charge in [0.15, 0.2) is 5.65 Å². The molecule has 0 amide bonds. The number of aliphatic hydroxyl groups excluding tert-OH is 1. The fourth-order valence-corrected chi connectivity index (χ4v) is 4.58. The van der Waals surface area contributed by atoms with E-state index < -0.39 is 0 Å². The summed E-state index contributed by atoms with van der Waals surface area (Å²) in [6.45, 7) is 7.91. The first-order valence-electron chi connectivity index (χ1n) is 11.9. The van der Waals surface area contributed by atoms with Crippen LogP contribution in [-0.4, -0.2) is 30.9 Å². The number of H-pyrrole nitrogens is 1. The minimum atomic E-state index is 0.0701. The van der Waals surface area contributed by atoms with Crippen molar-refractivity contribution in [3.63, 3.8) is 0 Å².